The standard InChI is InChI=1S/C15H8F7NO4S/c1-23(5-6-2-3-7-8(4-6)27-15(21,22)26-7)28(24,25)14-12(19)10(17)9(16)11(18)13(14)20/h2-4H,5H2,1H3. The third kappa shape index (κ3) is 3.24. The molecule has 0 unspecified atom stereocenters. The van der Waals surface area contributed by atoms with Crippen LogP contribution in [0.5, 0.6) is 11.5 Å². The number of rotatable bonds is 4. The van der Waals surface area contributed by atoms with Crippen LogP contribution in [-0.4, -0.2) is 26.1 Å². The molecule has 1 heterocycles. The number of halogens is 7. The first-order valence-electron chi connectivity index (χ1n) is 7.21. The molecule has 2 aromatic carbocycles. The normalized spacial score (nSPS) is 15.3. The predicted octanol–water partition coefficient (Wildman–Crippen LogP) is 3.52. The molecule has 1 aliphatic rings. The molecule has 0 saturated carbocycles. The number of hydrogen-bond donors (Lipinski definition) is 0. The van der Waals surface area contributed by atoms with Crippen molar-refractivity contribution in [3.8, 4) is 11.5 Å². The summed E-state index contributed by atoms with van der Waals surface area (Å²) in [5, 5.41) is 0. The molecule has 1 aliphatic heterocycles. The summed E-state index contributed by atoms with van der Waals surface area (Å²) < 4.78 is 127. The maximum atomic E-state index is 13.8. The predicted molar refractivity (Wildman–Crippen MR) is 77.5 cm³/mol. The number of fused-ring (bicyclic) bond motifs is 1. The highest BCUT2D eigenvalue weighted by atomic mass is 32.2. The smallest absolute Gasteiger partial charge is 0.395 e. The van der Waals surface area contributed by atoms with Crippen LogP contribution < -0.4 is 9.47 Å². The van der Waals surface area contributed by atoms with Crippen LogP contribution in [0.2, 0.25) is 0 Å². The second-order valence-corrected chi connectivity index (χ2v) is 7.59. The number of nitrogens with zero attached hydrogens (tertiary/aromatic N) is 1. The van der Waals surface area contributed by atoms with Gasteiger partial charge in [0.15, 0.2) is 39.7 Å². The Morgan fingerprint density at radius 3 is 1.96 bits per heavy atom. The second kappa shape index (κ2) is 6.51. The molecule has 0 aromatic heterocycles. The van der Waals surface area contributed by atoms with E-state index in [1.54, 1.807) is 0 Å². The van der Waals surface area contributed by atoms with Crippen LogP contribution in [0.3, 0.4) is 0 Å². The van der Waals surface area contributed by atoms with Crippen LogP contribution in [-0.2, 0) is 16.6 Å². The quantitative estimate of drug-likeness (QED) is 0.423. The molecule has 28 heavy (non-hydrogen) atoms. The summed E-state index contributed by atoms with van der Waals surface area (Å²) in [4.78, 5) is -2.03. The van der Waals surface area contributed by atoms with E-state index >= 15 is 0 Å². The lowest BCUT2D eigenvalue weighted by molar-refractivity contribution is -0.286. The molecule has 13 heteroatoms. The Balaban J connectivity index is 1.95. The van der Waals surface area contributed by atoms with Gasteiger partial charge in [-0.25, -0.2) is 30.4 Å². The summed E-state index contributed by atoms with van der Waals surface area (Å²) in [6.07, 6.45) is -3.92. The summed E-state index contributed by atoms with van der Waals surface area (Å²) in [6.45, 7) is -0.663. The molecular formula is C15H8F7NO4S. The number of ether oxygens (including phenoxy) is 2. The topological polar surface area (TPSA) is 55.8 Å². The van der Waals surface area contributed by atoms with Crippen molar-refractivity contribution in [2.24, 2.45) is 0 Å². The van der Waals surface area contributed by atoms with Crippen molar-refractivity contribution in [3.05, 3.63) is 52.8 Å². The van der Waals surface area contributed by atoms with Gasteiger partial charge >= 0.3 is 6.29 Å². The SMILES string of the molecule is CN(Cc1ccc2c(c1)OC(F)(F)O2)S(=O)(=O)c1c(F)c(F)c(F)c(F)c1F. The van der Waals surface area contributed by atoms with E-state index in [0.717, 1.165) is 25.2 Å². The van der Waals surface area contributed by atoms with E-state index in [1.165, 1.54) is 0 Å². The van der Waals surface area contributed by atoms with Gasteiger partial charge in [0.1, 0.15) is 0 Å². The Bertz CT molecular complexity index is 1050. The molecule has 0 saturated heterocycles. The largest absolute Gasteiger partial charge is 0.586 e. The minimum atomic E-state index is -5.18. The molecule has 5 nitrogen and oxygen atoms in total. The second-order valence-electron chi connectivity index (χ2n) is 5.61. The van der Waals surface area contributed by atoms with Crippen molar-refractivity contribution in [2.75, 3.05) is 7.05 Å². The lowest BCUT2D eigenvalue weighted by atomic mass is 10.2. The highest BCUT2D eigenvalue weighted by Gasteiger charge is 2.43. The van der Waals surface area contributed by atoms with E-state index in [9.17, 15) is 39.2 Å². The van der Waals surface area contributed by atoms with Crippen molar-refractivity contribution in [3.63, 3.8) is 0 Å². The zero-order chi connectivity index (χ0) is 21.0. The summed E-state index contributed by atoms with van der Waals surface area (Å²) in [7, 11) is -4.38. The average Bonchev–Trinajstić information content (AvgIpc) is 2.91. The third-order valence-electron chi connectivity index (χ3n) is 3.71. The van der Waals surface area contributed by atoms with Crippen LogP contribution in [0.15, 0.2) is 23.1 Å². The first-order valence-corrected chi connectivity index (χ1v) is 8.65. The summed E-state index contributed by atoms with van der Waals surface area (Å²) in [6, 6.07) is 3.15. The van der Waals surface area contributed by atoms with Crippen molar-refractivity contribution in [1.29, 1.82) is 0 Å². The Kier molecular flexibility index (Phi) is 4.70. The van der Waals surface area contributed by atoms with Crippen LogP contribution >= 0.6 is 0 Å². The molecule has 3 rings (SSSR count). The maximum Gasteiger partial charge on any atom is 0.586 e. The zero-order valence-corrected chi connectivity index (χ0v) is 14.4. The van der Waals surface area contributed by atoms with E-state index < -0.39 is 62.6 Å². The Morgan fingerprint density at radius 1 is 0.893 bits per heavy atom. The van der Waals surface area contributed by atoms with E-state index in [-0.39, 0.29) is 15.6 Å². The van der Waals surface area contributed by atoms with Gasteiger partial charge in [-0.15, -0.1) is 8.78 Å². The van der Waals surface area contributed by atoms with Crippen molar-refractivity contribution >= 4 is 10.0 Å². The number of benzene rings is 2. The van der Waals surface area contributed by atoms with Gasteiger partial charge in [-0.1, -0.05) is 6.07 Å². The fourth-order valence-corrected chi connectivity index (χ4v) is 3.66. The van der Waals surface area contributed by atoms with Crippen LogP contribution in [0.25, 0.3) is 0 Å². The number of alkyl halides is 2. The first-order chi connectivity index (χ1) is 12.8. The minimum Gasteiger partial charge on any atom is -0.395 e. The maximum absolute atomic E-state index is 13.8. The van der Waals surface area contributed by atoms with E-state index in [4.69, 9.17) is 0 Å². The molecular weight excluding hydrogens is 423 g/mol. The number of sulfonamides is 1. The molecule has 0 radical (unpaired) electrons. The Morgan fingerprint density at radius 2 is 1.39 bits per heavy atom. The van der Waals surface area contributed by atoms with Gasteiger partial charge in [0.05, 0.1) is 0 Å². The first kappa shape index (κ1) is 20.2. The number of hydrogen-bond acceptors (Lipinski definition) is 4. The average molecular weight is 431 g/mol. The summed E-state index contributed by atoms with van der Waals surface area (Å²) >= 11 is 0. The molecule has 152 valence electrons. The van der Waals surface area contributed by atoms with Gasteiger partial charge in [0.2, 0.25) is 15.8 Å². The van der Waals surface area contributed by atoms with Crippen LogP contribution in [0, 0.1) is 29.1 Å². The van der Waals surface area contributed by atoms with Gasteiger partial charge in [-0.3, -0.25) is 0 Å². The van der Waals surface area contributed by atoms with Gasteiger partial charge in [0.25, 0.3) is 0 Å². The molecule has 0 spiro atoms. The minimum absolute atomic E-state index is 0.00926. The van der Waals surface area contributed by atoms with Gasteiger partial charge in [-0.05, 0) is 17.7 Å². The zero-order valence-electron chi connectivity index (χ0n) is 13.6. The van der Waals surface area contributed by atoms with E-state index in [2.05, 4.69) is 9.47 Å². The lowest BCUT2D eigenvalue weighted by Crippen LogP contribution is -2.29. The summed E-state index contributed by atoms with van der Waals surface area (Å²) in [5.74, 6) is -13.1. The highest BCUT2D eigenvalue weighted by molar-refractivity contribution is 7.89. The summed E-state index contributed by atoms with van der Waals surface area (Å²) in [5.41, 5.74) is 0.00926. The third-order valence-corrected chi connectivity index (χ3v) is 5.53. The van der Waals surface area contributed by atoms with Gasteiger partial charge < -0.3 is 9.47 Å². The van der Waals surface area contributed by atoms with E-state index in [0.29, 0.717) is 0 Å². The van der Waals surface area contributed by atoms with E-state index in [1.807, 2.05) is 0 Å². The van der Waals surface area contributed by atoms with Crippen LogP contribution in [0.4, 0.5) is 30.7 Å². The Hall–Kier alpha value is -2.54. The van der Waals surface area contributed by atoms with Crippen LogP contribution in [0.1, 0.15) is 5.56 Å². The fourth-order valence-electron chi connectivity index (χ4n) is 2.40. The fraction of sp³-hybridized carbons (Fsp3) is 0.200. The monoisotopic (exact) mass is 431 g/mol. The molecule has 0 aliphatic carbocycles. The molecule has 0 bridgehead atoms. The van der Waals surface area contributed by atoms with Gasteiger partial charge in [0, 0.05) is 13.6 Å². The van der Waals surface area contributed by atoms with Crippen molar-refractivity contribution in [1.82, 2.24) is 4.31 Å². The molecule has 0 atom stereocenters. The van der Waals surface area contributed by atoms with Crippen molar-refractivity contribution in [2.45, 2.75) is 17.7 Å². The highest BCUT2D eigenvalue weighted by Crippen LogP contribution is 2.41. The molecule has 0 N–H and O–H groups in total. The Labute approximate surface area is 152 Å². The molecule has 0 fully saturated rings. The lowest BCUT2D eigenvalue weighted by Gasteiger charge is -2.18. The molecule has 2 aromatic rings. The van der Waals surface area contributed by atoms with Gasteiger partial charge in [-0.2, -0.15) is 4.31 Å². The molecule has 0 amide bonds. The van der Waals surface area contributed by atoms with Crippen molar-refractivity contribution < 1.29 is 48.6 Å².